The molecule has 0 radical (unpaired) electrons. The van der Waals surface area contributed by atoms with E-state index in [9.17, 15) is 9.59 Å². The number of carbonyl (C=O) groups is 2. The topological polar surface area (TPSA) is 52.6 Å². The summed E-state index contributed by atoms with van der Waals surface area (Å²) in [5.74, 6) is -1.28. The molecule has 0 aliphatic carbocycles. The summed E-state index contributed by atoms with van der Waals surface area (Å²) in [7, 11) is 0. The van der Waals surface area contributed by atoms with Crippen molar-refractivity contribution in [3.63, 3.8) is 0 Å². The molecule has 1 saturated heterocycles. The minimum absolute atomic E-state index is 0.638. The molecule has 4 nitrogen and oxygen atoms in total. The van der Waals surface area contributed by atoms with Crippen LogP contribution in [0.3, 0.4) is 0 Å². The lowest BCUT2D eigenvalue weighted by Crippen LogP contribution is -2.51. The quantitative estimate of drug-likeness (QED) is 0.500. The lowest BCUT2D eigenvalue weighted by atomic mass is 10.3. The number of alkyl halides is 2. The van der Waals surface area contributed by atoms with E-state index in [1.165, 1.54) is 13.8 Å². The molecule has 0 saturated carbocycles. The maximum atomic E-state index is 11.1. The molecule has 0 aromatic heterocycles. The van der Waals surface area contributed by atoms with Crippen molar-refractivity contribution in [2.75, 3.05) is 0 Å². The Morgan fingerprint density at radius 1 is 1.00 bits per heavy atom. The minimum atomic E-state index is -1.36. The zero-order valence-electron chi connectivity index (χ0n) is 6.39. The molecule has 2 unspecified atom stereocenters. The molecule has 68 valence electrons. The van der Waals surface area contributed by atoms with Gasteiger partial charge in [0.2, 0.25) is 0 Å². The Balaban J connectivity index is 2.91. The molecule has 0 spiro atoms. The van der Waals surface area contributed by atoms with Crippen LogP contribution < -0.4 is 0 Å². The van der Waals surface area contributed by atoms with E-state index in [1.54, 1.807) is 0 Å². The number of ether oxygens (including phenoxy) is 2. The molecule has 1 rings (SSSR count). The summed E-state index contributed by atoms with van der Waals surface area (Å²) in [5.41, 5.74) is 0. The third-order valence-corrected chi connectivity index (χ3v) is 2.27. The van der Waals surface area contributed by atoms with Crippen LogP contribution in [-0.2, 0) is 19.1 Å². The van der Waals surface area contributed by atoms with Crippen LogP contribution in [0.5, 0.6) is 0 Å². The van der Waals surface area contributed by atoms with Crippen molar-refractivity contribution < 1.29 is 19.1 Å². The van der Waals surface area contributed by atoms with E-state index in [-0.39, 0.29) is 0 Å². The Kier molecular flexibility index (Phi) is 2.24. The van der Waals surface area contributed by atoms with Crippen LogP contribution in [0.15, 0.2) is 0 Å². The van der Waals surface area contributed by atoms with Gasteiger partial charge in [0.15, 0.2) is 0 Å². The first kappa shape index (κ1) is 9.98. The summed E-state index contributed by atoms with van der Waals surface area (Å²) >= 11 is 5.82. The number of carbonyl (C=O) groups excluding carboxylic acids is 2. The summed E-state index contributed by atoms with van der Waals surface area (Å²) in [4.78, 5) is 22.2. The second-order valence-corrected chi connectivity index (χ2v) is 5.64. The lowest BCUT2D eigenvalue weighted by molar-refractivity contribution is -0.198. The fourth-order valence-corrected chi connectivity index (χ4v) is 1.07. The Morgan fingerprint density at radius 2 is 1.25 bits per heavy atom. The minimum Gasteiger partial charge on any atom is -0.432 e. The summed E-state index contributed by atoms with van der Waals surface area (Å²) in [6, 6.07) is 0. The fourth-order valence-electron chi connectivity index (χ4n) is 0.614. The summed E-state index contributed by atoms with van der Waals surface area (Å²) in [6.07, 6.45) is 0. The first-order valence-corrected chi connectivity index (χ1v) is 4.69. The average Bonchev–Trinajstić information content (AvgIpc) is 1.82. The average molecular weight is 302 g/mol. The van der Waals surface area contributed by atoms with Gasteiger partial charge in [0.05, 0.1) is 0 Å². The second kappa shape index (κ2) is 2.70. The number of hydrogen-bond acceptors (Lipinski definition) is 4. The van der Waals surface area contributed by atoms with Crippen LogP contribution in [0.25, 0.3) is 0 Å². The van der Waals surface area contributed by atoms with Gasteiger partial charge in [-0.05, 0) is 45.7 Å². The van der Waals surface area contributed by atoms with E-state index in [4.69, 9.17) is 9.47 Å². The summed E-state index contributed by atoms with van der Waals surface area (Å²) in [6.45, 7) is 2.80. The third-order valence-electron chi connectivity index (χ3n) is 1.30. The highest BCUT2D eigenvalue weighted by molar-refractivity contribution is 9.10. The fraction of sp³-hybridized carbons (Fsp3) is 0.667. The Labute approximate surface area is 85.8 Å². The van der Waals surface area contributed by atoms with Crippen molar-refractivity contribution in [1.82, 2.24) is 0 Å². The van der Waals surface area contributed by atoms with Crippen LogP contribution >= 0.6 is 31.9 Å². The molecule has 0 bridgehead atoms. The van der Waals surface area contributed by atoms with E-state index in [2.05, 4.69) is 31.9 Å². The number of hydrogen-bond donors (Lipinski definition) is 0. The standard InChI is InChI=1S/C6H6Br2O4/c1-5(7)3(9)12-6(2,8)4(10)11-5/h1-2H3. The number of cyclic esters (lactones) is 2. The monoisotopic (exact) mass is 300 g/mol. The van der Waals surface area contributed by atoms with Crippen molar-refractivity contribution in [2.45, 2.75) is 22.9 Å². The van der Waals surface area contributed by atoms with Gasteiger partial charge in [-0.15, -0.1) is 0 Å². The molecular formula is C6H6Br2O4. The first-order valence-electron chi connectivity index (χ1n) is 3.10. The van der Waals surface area contributed by atoms with Gasteiger partial charge in [-0.25, -0.2) is 9.59 Å². The molecule has 1 fully saturated rings. The largest absolute Gasteiger partial charge is 0.432 e. The first-order chi connectivity index (χ1) is 5.26. The smallest absolute Gasteiger partial charge is 0.363 e. The highest BCUT2D eigenvalue weighted by atomic mass is 79.9. The summed E-state index contributed by atoms with van der Waals surface area (Å²) in [5, 5.41) is 0. The van der Waals surface area contributed by atoms with Gasteiger partial charge in [0.25, 0.3) is 9.02 Å². The molecule has 1 aliphatic heterocycles. The highest BCUT2D eigenvalue weighted by Gasteiger charge is 2.51. The van der Waals surface area contributed by atoms with Crippen molar-refractivity contribution in [2.24, 2.45) is 0 Å². The van der Waals surface area contributed by atoms with Crippen LogP contribution in [0.1, 0.15) is 13.8 Å². The molecular weight excluding hydrogens is 296 g/mol. The maximum absolute atomic E-state index is 11.1. The van der Waals surface area contributed by atoms with Gasteiger partial charge in [-0.3, -0.25) is 0 Å². The van der Waals surface area contributed by atoms with Gasteiger partial charge in [-0.1, -0.05) is 0 Å². The normalized spacial score (nSPS) is 42.0. The molecule has 1 heterocycles. The van der Waals surface area contributed by atoms with E-state index in [1.807, 2.05) is 0 Å². The third kappa shape index (κ3) is 1.64. The van der Waals surface area contributed by atoms with E-state index >= 15 is 0 Å². The van der Waals surface area contributed by atoms with Crippen LogP contribution in [0.2, 0.25) is 0 Å². The van der Waals surface area contributed by atoms with Crippen molar-refractivity contribution in [3.8, 4) is 0 Å². The van der Waals surface area contributed by atoms with E-state index < -0.39 is 21.0 Å². The molecule has 12 heavy (non-hydrogen) atoms. The second-order valence-electron chi connectivity index (χ2n) is 2.61. The maximum Gasteiger partial charge on any atom is 0.363 e. The van der Waals surface area contributed by atoms with Gasteiger partial charge in [0.1, 0.15) is 0 Å². The predicted octanol–water partition coefficient (Wildman–Crippen LogP) is 1.31. The van der Waals surface area contributed by atoms with Gasteiger partial charge < -0.3 is 9.47 Å². The van der Waals surface area contributed by atoms with E-state index in [0.717, 1.165) is 0 Å². The van der Waals surface area contributed by atoms with Crippen molar-refractivity contribution >= 4 is 43.8 Å². The molecule has 0 aromatic rings. The molecule has 1 aliphatic rings. The van der Waals surface area contributed by atoms with Crippen molar-refractivity contribution in [3.05, 3.63) is 0 Å². The van der Waals surface area contributed by atoms with Crippen LogP contribution in [0.4, 0.5) is 0 Å². The summed E-state index contributed by atoms with van der Waals surface area (Å²) < 4.78 is 6.79. The van der Waals surface area contributed by atoms with Gasteiger partial charge >= 0.3 is 11.9 Å². The lowest BCUT2D eigenvalue weighted by Gasteiger charge is -2.33. The highest BCUT2D eigenvalue weighted by Crippen LogP contribution is 2.35. The number of rotatable bonds is 0. The molecule has 2 atom stereocenters. The Bertz CT molecular complexity index is 220. The molecule has 0 aromatic carbocycles. The van der Waals surface area contributed by atoms with Gasteiger partial charge in [0, 0.05) is 0 Å². The Morgan fingerprint density at radius 3 is 1.50 bits per heavy atom. The number of halogens is 2. The van der Waals surface area contributed by atoms with Gasteiger partial charge in [-0.2, -0.15) is 0 Å². The zero-order chi connectivity index (χ0) is 9.57. The molecule has 0 amide bonds. The van der Waals surface area contributed by atoms with Crippen LogP contribution in [0, 0.1) is 0 Å². The Hall–Kier alpha value is -0.100. The zero-order valence-corrected chi connectivity index (χ0v) is 9.56. The SMILES string of the molecule is CC1(Br)OC(=O)C(C)(Br)OC1=O. The van der Waals surface area contributed by atoms with Crippen molar-refractivity contribution in [1.29, 1.82) is 0 Å². The van der Waals surface area contributed by atoms with Crippen LogP contribution in [-0.4, -0.2) is 21.0 Å². The van der Waals surface area contributed by atoms with E-state index in [0.29, 0.717) is 0 Å². The predicted molar refractivity (Wildman–Crippen MR) is 46.8 cm³/mol. The molecule has 0 N–H and O–H groups in total. The molecule has 6 heteroatoms. The number of esters is 2.